The number of amides is 1. The van der Waals surface area contributed by atoms with Crippen molar-refractivity contribution in [3.8, 4) is 0 Å². The molecule has 4 aliphatic heterocycles. The first-order chi connectivity index (χ1) is 9.67. The molecule has 3 atom stereocenters. The Morgan fingerprint density at radius 2 is 2.25 bits per heavy atom. The molecule has 20 heavy (non-hydrogen) atoms. The van der Waals surface area contributed by atoms with Crippen molar-refractivity contribution in [3.63, 3.8) is 0 Å². The molecule has 2 saturated heterocycles. The minimum atomic E-state index is 0.0761. The average molecular weight is 292 g/mol. The molecular formula is C14H16ClN4O+. The molecule has 5 nitrogen and oxygen atoms in total. The third-order valence-electron chi connectivity index (χ3n) is 4.67. The second-order valence-corrected chi connectivity index (χ2v) is 6.35. The van der Waals surface area contributed by atoms with Gasteiger partial charge in [-0.15, -0.1) is 4.00 Å². The van der Waals surface area contributed by atoms with E-state index in [-0.39, 0.29) is 15.8 Å². The number of allylic oxidation sites excluding steroid dienone is 1. The van der Waals surface area contributed by atoms with Crippen LogP contribution in [0, 0.1) is 5.92 Å². The summed E-state index contributed by atoms with van der Waals surface area (Å²) in [5.74, 6) is 0.562. The lowest BCUT2D eigenvalue weighted by molar-refractivity contribution is -0.592. The molecule has 0 radical (unpaired) electrons. The fourth-order valence-electron chi connectivity index (χ4n) is 3.58. The van der Waals surface area contributed by atoms with E-state index in [0.717, 1.165) is 37.2 Å². The van der Waals surface area contributed by atoms with Crippen molar-refractivity contribution in [2.24, 2.45) is 15.9 Å². The van der Waals surface area contributed by atoms with E-state index in [9.17, 15) is 4.79 Å². The fraction of sp³-hybridized carbons (Fsp3) is 0.500. The summed E-state index contributed by atoms with van der Waals surface area (Å²) in [6.45, 7) is 0.772. The Balaban J connectivity index is 1.64. The van der Waals surface area contributed by atoms with Gasteiger partial charge in [0.2, 0.25) is 17.9 Å². The summed E-state index contributed by atoms with van der Waals surface area (Å²) in [6, 6.07) is 0.449. The highest BCUT2D eigenvalue weighted by Crippen LogP contribution is 2.40. The molecule has 0 aromatic carbocycles. The molecule has 0 aromatic heterocycles. The monoisotopic (exact) mass is 291 g/mol. The van der Waals surface area contributed by atoms with Crippen LogP contribution >= 0.6 is 11.8 Å². The van der Waals surface area contributed by atoms with Crippen LogP contribution in [0.1, 0.15) is 25.7 Å². The first-order valence-electron chi connectivity index (χ1n) is 7.06. The molecule has 0 bridgehead atoms. The summed E-state index contributed by atoms with van der Waals surface area (Å²) < 4.78 is 0.0761. The summed E-state index contributed by atoms with van der Waals surface area (Å²) >= 11 is 6.50. The van der Waals surface area contributed by atoms with Crippen molar-refractivity contribution in [1.29, 1.82) is 0 Å². The van der Waals surface area contributed by atoms with Gasteiger partial charge in [-0.2, -0.15) is 4.99 Å². The van der Waals surface area contributed by atoms with Gasteiger partial charge in [-0.3, -0.25) is 9.79 Å². The van der Waals surface area contributed by atoms with Gasteiger partial charge in [-0.05, 0) is 19.3 Å². The molecule has 4 aliphatic rings. The fourth-order valence-corrected chi connectivity index (χ4v) is 3.80. The van der Waals surface area contributed by atoms with E-state index >= 15 is 0 Å². The highest BCUT2D eigenvalue weighted by atomic mass is 35.5. The molecule has 0 aliphatic carbocycles. The van der Waals surface area contributed by atoms with Gasteiger partial charge in [0, 0.05) is 24.9 Å². The van der Waals surface area contributed by atoms with Crippen molar-refractivity contribution in [3.05, 3.63) is 23.8 Å². The van der Waals surface area contributed by atoms with Crippen molar-refractivity contribution >= 4 is 30.2 Å². The molecule has 104 valence electrons. The minimum Gasteiger partial charge on any atom is -0.339 e. The highest BCUT2D eigenvalue weighted by molar-refractivity contribution is 6.14. The lowest BCUT2D eigenvalue weighted by atomic mass is 9.90. The second-order valence-electron chi connectivity index (χ2n) is 5.79. The van der Waals surface area contributed by atoms with Crippen LogP contribution < -0.4 is 0 Å². The lowest BCUT2D eigenvalue weighted by Crippen LogP contribution is -2.42. The van der Waals surface area contributed by atoms with Crippen LogP contribution in [0.15, 0.2) is 33.8 Å². The maximum absolute atomic E-state index is 11.9. The summed E-state index contributed by atoms with van der Waals surface area (Å²) in [5, 5.41) is 0. The van der Waals surface area contributed by atoms with Crippen LogP contribution in [0.3, 0.4) is 0 Å². The zero-order valence-electron chi connectivity index (χ0n) is 11.1. The van der Waals surface area contributed by atoms with Gasteiger partial charge in [0.25, 0.3) is 0 Å². The molecular weight excluding hydrogens is 276 g/mol. The SMILES string of the molecule is O=C1CC[C@@H]2CC[C@@H](C3=C4C=NC=C[N+]4(Cl)C=N3)CN12. The number of piperidine rings is 1. The Morgan fingerprint density at radius 3 is 3.15 bits per heavy atom. The van der Waals surface area contributed by atoms with Crippen LogP contribution in [0.25, 0.3) is 0 Å². The predicted molar refractivity (Wildman–Crippen MR) is 76.7 cm³/mol. The minimum absolute atomic E-state index is 0.0761. The van der Waals surface area contributed by atoms with E-state index in [1.807, 2.05) is 4.90 Å². The van der Waals surface area contributed by atoms with Crippen molar-refractivity contribution < 1.29 is 8.80 Å². The second kappa shape index (κ2) is 4.27. The standard InChI is InChI=1S/C14H16ClN4O/c15-19-6-5-16-7-12(19)14(17-9-19)10-1-2-11-3-4-13(20)18(11)8-10/h5-7,9-11H,1-4,8H2/q+1/t10-,11+,19?/m1/s1. The molecule has 1 unspecified atom stereocenters. The van der Waals surface area contributed by atoms with E-state index in [4.69, 9.17) is 11.8 Å². The number of quaternary nitrogens is 1. The maximum atomic E-state index is 11.9. The molecule has 6 heteroatoms. The zero-order chi connectivity index (χ0) is 13.7. The number of nitrogens with zero attached hydrogens (tertiary/aromatic N) is 4. The van der Waals surface area contributed by atoms with E-state index in [0.29, 0.717) is 12.5 Å². The molecule has 0 N–H and O–H groups in total. The van der Waals surface area contributed by atoms with Gasteiger partial charge in [-0.25, -0.2) is 0 Å². The number of aliphatic imine (C=N–C) groups is 2. The third-order valence-corrected chi connectivity index (χ3v) is 5.05. The number of fused-ring (bicyclic) bond motifs is 2. The van der Waals surface area contributed by atoms with Crippen molar-refractivity contribution in [2.75, 3.05) is 6.54 Å². The Morgan fingerprint density at radius 1 is 1.35 bits per heavy atom. The van der Waals surface area contributed by atoms with Crippen LogP contribution in [0.4, 0.5) is 0 Å². The third kappa shape index (κ3) is 1.70. The summed E-state index contributed by atoms with van der Waals surface area (Å²) in [6.07, 6.45) is 10.9. The summed E-state index contributed by atoms with van der Waals surface area (Å²) in [4.78, 5) is 22.7. The Kier molecular flexibility index (Phi) is 2.62. The number of halogens is 1. The van der Waals surface area contributed by atoms with Gasteiger partial charge in [0.05, 0.1) is 12.4 Å². The highest BCUT2D eigenvalue weighted by Gasteiger charge is 2.43. The molecule has 0 spiro atoms. The largest absolute Gasteiger partial charge is 0.339 e. The summed E-state index contributed by atoms with van der Waals surface area (Å²) in [5.41, 5.74) is 1.91. The predicted octanol–water partition coefficient (Wildman–Crippen LogP) is 2.17. The van der Waals surface area contributed by atoms with Crippen LogP contribution in [0.5, 0.6) is 0 Å². The first kappa shape index (κ1) is 12.3. The number of hydrogen-bond acceptors (Lipinski definition) is 3. The van der Waals surface area contributed by atoms with Crippen molar-refractivity contribution in [2.45, 2.75) is 31.7 Å². The molecule has 0 saturated carbocycles. The van der Waals surface area contributed by atoms with Gasteiger partial charge in [0.15, 0.2) is 11.8 Å². The van der Waals surface area contributed by atoms with Gasteiger partial charge in [-0.1, -0.05) is 0 Å². The zero-order valence-corrected chi connectivity index (χ0v) is 11.8. The number of carbonyl (C=O) groups is 1. The van der Waals surface area contributed by atoms with E-state index in [1.165, 1.54) is 0 Å². The Labute approximate surface area is 122 Å². The van der Waals surface area contributed by atoms with Crippen LogP contribution in [-0.2, 0) is 4.79 Å². The molecule has 1 amide bonds. The summed E-state index contributed by atoms with van der Waals surface area (Å²) in [7, 11) is 0. The Bertz CT molecular complexity index is 594. The molecule has 2 fully saturated rings. The normalized spacial score (nSPS) is 38.6. The van der Waals surface area contributed by atoms with Crippen molar-refractivity contribution in [1.82, 2.24) is 4.90 Å². The quantitative estimate of drug-likeness (QED) is 0.683. The number of hydrogen-bond donors (Lipinski definition) is 0. The molecule has 4 rings (SSSR count). The topological polar surface area (TPSA) is 45.0 Å². The van der Waals surface area contributed by atoms with Crippen LogP contribution in [-0.4, -0.2) is 39.9 Å². The number of rotatable bonds is 1. The van der Waals surface area contributed by atoms with Gasteiger partial charge < -0.3 is 4.90 Å². The van der Waals surface area contributed by atoms with E-state index in [2.05, 4.69) is 9.98 Å². The van der Waals surface area contributed by atoms with E-state index < -0.39 is 0 Å². The molecule has 0 aromatic rings. The van der Waals surface area contributed by atoms with Gasteiger partial charge >= 0.3 is 0 Å². The molecule has 4 heterocycles. The van der Waals surface area contributed by atoms with Crippen LogP contribution in [0.2, 0.25) is 0 Å². The number of carbonyl (C=O) groups excluding carboxylic acids is 1. The maximum Gasteiger partial charge on any atom is 0.222 e. The Hall–Kier alpha value is -1.46. The van der Waals surface area contributed by atoms with E-state index in [1.54, 1.807) is 25.0 Å². The first-order valence-corrected chi connectivity index (χ1v) is 7.39. The average Bonchev–Trinajstić information content (AvgIpc) is 2.99. The lowest BCUT2D eigenvalue weighted by Gasteiger charge is -2.35. The smallest absolute Gasteiger partial charge is 0.222 e. The van der Waals surface area contributed by atoms with Gasteiger partial charge in [0.1, 0.15) is 11.9 Å².